The molecular weight excluding hydrogens is 492 g/mol. The summed E-state index contributed by atoms with van der Waals surface area (Å²) in [6.07, 6.45) is 0. The van der Waals surface area contributed by atoms with Gasteiger partial charge in [-0.15, -0.1) is 0 Å². The van der Waals surface area contributed by atoms with E-state index in [2.05, 4.69) is 4.98 Å². The first kappa shape index (κ1) is 22.7. The lowest BCUT2D eigenvalue weighted by Crippen LogP contribution is -2.04. The second-order valence-electron chi connectivity index (χ2n) is 7.67. The highest BCUT2D eigenvalue weighted by Gasteiger charge is 2.32. The Kier molecular flexibility index (Phi) is 5.58. The largest absolute Gasteiger partial charge is 0.503 e. The van der Waals surface area contributed by atoms with Crippen molar-refractivity contribution in [2.75, 3.05) is 0 Å². The van der Waals surface area contributed by atoms with Crippen LogP contribution in [0.15, 0.2) is 59.0 Å². The van der Waals surface area contributed by atoms with Gasteiger partial charge in [0.2, 0.25) is 11.7 Å². The molecule has 5 rings (SSSR count). The van der Waals surface area contributed by atoms with E-state index in [0.717, 1.165) is 4.70 Å². The van der Waals surface area contributed by atoms with Crippen molar-refractivity contribution in [2.24, 2.45) is 0 Å². The molecule has 0 atom stereocenters. The number of rotatable bonds is 5. The van der Waals surface area contributed by atoms with Crippen LogP contribution in [-0.2, 0) is 4.79 Å². The number of furan rings is 1. The fourth-order valence-corrected chi connectivity index (χ4v) is 5.02. The summed E-state index contributed by atoms with van der Waals surface area (Å²) in [5, 5.41) is 22.6. The molecule has 0 aliphatic carbocycles. The molecule has 2 N–H and O–H groups in total. The van der Waals surface area contributed by atoms with Gasteiger partial charge in [-0.05, 0) is 61.0 Å². The quantitative estimate of drug-likeness (QED) is 0.173. The van der Waals surface area contributed by atoms with Crippen molar-refractivity contribution in [3.05, 3.63) is 76.7 Å². The number of carbonyl (C=O) groups excluding carboxylic acids is 2. The third-order valence-electron chi connectivity index (χ3n) is 5.25. The van der Waals surface area contributed by atoms with Gasteiger partial charge in [0, 0.05) is 6.92 Å². The first-order valence-corrected chi connectivity index (χ1v) is 11.6. The van der Waals surface area contributed by atoms with E-state index in [4.69, 9.17) is 20.8 Å². The van der Waals surface area contributed by atoms with Crippen LogP contribution in [-0.4, -0.2) is 31.5 Å². The topological polar surface area (TPSA) is 115 Å². The average Bonchev–Trinajstić information content (AvgIpc) is 3.51. The van der Waals surface area contributed by atoms with E-state index in [9.17, 15) is 19.8 Å². The van der Waals surface area contributed by atoms with Gasteiger partial charge in [0.1, 0.15) is 17.0 Å². The number of halogens is 1. The molecule has 0 saturated heterocycles. The molecule has 3 aromatic heterocycles. The molecule has 0 amide bonds. The van der Waals surface area contributed by atoms with Gasteiger partial charge in [0.25, 0.3) is 0 Å². The van der Waals surface area contributed by atoms with Crippen molar-refractivity contribution < 1.29 is 29.0 Å². The Morgan fingerprint density at radius 2 is 1.83 bits per heavy atom. The molecule has 0 bridgehead atoms. The minimum Gasteiger partial charge on any atom is -0.503 e. The zero-order valence-electron chi connectivity index (χ0n) is 18.4. The summed E-state index contributed by atoms with van der Waals surface area (Å²) in [4.78, 5) is 29.3. The third kappa shape index (κ3) is 3.94. The maximum atomic E-state index is 13.4. The molecule has 0 aliphatic heterocycles. The van der Waals surface area contributed by atoms with Crippen LogP contribution in [0.5, 0.6) is 17.4 Å². The molecule has 2 aromatic carbocycles. The molecular formula is C25H17ClN2O6S. The number of hydrogen-bond donors (Lipinski definition) is 2. The van der Waals surface area contributed by atoms with Crippen LogP contribution in [0.2, 0.25) is 5.02 Å². The Labute approximate surface area is 207 Å². The number of nitrogens with zero attached hydrogens (tertiary/aromatic N) is 2. The van der Waals surface area contributed by atoms with E-state index in [1.807, 2.05) is 6.07 Å². The predicted molar refractivity (Wildman–Crippen MR) is 131 cm³/mol. The first-order valence-electron chi connectivity index (χ1n) is 10.4. The van der Waals surface area contributed by atoms with E-state index >= 15 is 0 Å². The minimum atomic E-state index is -0.622. The number of aromatic nitrogens is 2. The van der Waals surface area contributed by atoms with E-state index < -0.39 is 23.4 Å². The maximum absolute atomic E-state index is 13.4. The summed E-state index contributed by atoms with van der Waals surface area (Å²) in [7, 11) is 0. The molecule has 3 heterocycles. The van der Waals surface area contributed by atoms with Gasteiger partial charge in [0.15, 0.2) is 16.6 Å². The van der Waals surface area contributed by atoms with Crippen LogP contribution in [0.3, 0.4) is 0 Å². The Balaban J connectivity index is 1.77. The molecule has 8 nitrogen and oxygen atoms in total. The zero-order valence-corrected chi connectivity index (χ0v) is 20.0. The van der Waals surface area contributed by atoms with Gasteiger partial charge >= 0.3 is 5.97 Å². The van der Waals surface area contributed by atoms with Crippen LogP contribution in [0, 0.1) is 6.92 Å². The van der Waals surface area contributed by atoms with E-state index in [1.54, 1.807) is 49.4 Å². The number of para-hydroxylation sites is 1. The molecule has 10 heteroatoms. The lowest BCUT2D eigenvalue weighted by Gasteiger charge is -2.10. The van der Waals surface area contributed by atoms with Crippen molar-refractivity contribution in [1.29, 1.82) is 0 Å². The minimum absolute atomic E-state index is 0.0000718. The Morgan fingerprint density at radius 1 is 1.09 bits per heavy atom. The van der Waals surface area contributed by atoms with Crippen molar-refractivity contribution in [3.8, 4) is 33.8 Å². The van der Waals surface area contributed by atoms with Crippen LogP contribution in [0.1, 0.15) is 28.8 Å². The van der Waals surface area contributed by atoms with Gasteiger partial charge in [-0.1, -0.05) is 29.0 Å². The fraction of sp³-hybridized carbons (Fsp3) is 0.0800. The van der Waals surface area contributed by atoms with Gasteiger partial charge in [-0.3, -0.25) is 14.2 Å². The molecule has 176 valence electrons. The highest BCUT2D eigenvalue weighted by atomic mass is 35.5. The lowest BCUT2D eigenvalue weighted by molar-refractivity contribution is -0.131. The number of ketones is 1. The predicted octanol–water partition coefficient (Wildman–Crippen LogP) is 5.88. The fourth-order valence-electron chi connectivity index (χ4n) is 3.75. The summed E-state index contributed by atoms with van der Waals surface area (Å²) in [6.45, 7) is 2.98. The smallest absolute Gasteiger partial charge is 0.308 e. The summed E-state index contributed by atoms with van der Waals surface area (Å²) in [5.74, 6) is -1.47. The maximum Gasteiger partial charge on any atom is 0.308 e. The lowest BCUT2D eigenvalue weighted by atomic mass is 10.0. The number of fused-ring (bicyclic) bond motifs is 1. The molecule has 0 radical (unpaired) electrons. The van der Waals surface area contributed by atoms with Gasteiger partial charge < -0.3 is 19.4 Å². The summed E-state index contributed by atoms with van der Waals surface area (Å²) in [5.41, 5.74) is 0.993. The van der Waals surface area contributed by atoms with Crippen LogP contribution in [0.25, 0.3) is 26.6 Å². The van der Waals surface area contributed by atoms with Crippen molar-refractivity contribution >= 4 is 44.9 Å². The van der Waals surface area contributed by atoms with Crippen LogP contribution >= 0.6 is 22.9 Å². The molecule has 0 fully saturated rings. The van der Waals surface area contributed by atoms with Gasteiger partial charge in [-0.2, -0.15) is 0 Å². The third-order valence-corrected chi connectivity index (χ3v) is 6.56. The number of thiazole rings is 1. The van der Waals surface area contributed by atoms with Crippen molar-refractivity contribution in [2.45, 2.75) is 13.8 Å². The summed E-state index contributed by atoms with van der Waals surface area (Å²) < 4.78 is 12.6. The summed E-state index contributed by atoms with van der Waals surface area (Å²) in [6, 6.07) is 14.7. The molecule has 0 aliphatic rings. The van der Waals surface area contributed by atoms with Crippen molar-refractivity contribution in [1.82, 2.24) is 9.55 Å². The van der Waals surface area contributed by atoms with Gasteiger partial charge in [0.05, 0.1) is 21.0 Å². The normalized spacial score (nSPS) is 11.2. The highest BCUT2D eigenvalue weighted by Crippen LogP contribution is 2.46. The number of ether oxygens (including phenoxy) is 1. The molecule has 5 aromatic rings. The highest BCUT2D eigenvalue weighted by molar-refractivity contribution is 7.21. The molecule has 0 spiro atoms. The Morgan fingerprint density at radius 3 is 2.46 bits per heavy atom. The zero-order chi connectivity index (χ0) is 24.9. The number of esters is 1. The first-order chi connectivity index (χ1) is 16.7. The number of hydrogen-bond acceptors (Lipinski definition) is 8. The number of aryl methyl sites for hydroxylation is 1. The van der Waals surface area contributed by atoms with E-state index in [1.165, 1.54) is 28.9 Å². The van der Waals surface area contributed by atoms with E-state index in [-0.39, 0.29) is 22.1 Å². The van der Waals surface area contributed by atoms with Crippen LogP contribution < -0.4 is 4.74 Å². The average molecular weight is 509 g/mol. The Bertz CT molecular complexity index is 1610. The van der Waals surface area contributed by atoms with Crippen LogP contribution in [0.4, 0.5) is 0 Å². The monoisotopic (exact) mass is 508 g/mol. The van der Waals surface area contributed by atoms with Crippen molar-refractivity contribution in [3.63, 3.8) is 0 Å². The number of carbonyl (C=O) groups is 2. The summed E-state index contributed by atoms with van der Waals surface area (Å²) >= 11 is 7.52. The molecule has 0 unspecified atom stereocenters. The van der Waals surface area contributed by atoms with E-state index in [0.29, 0.717) is 27.6 Å². The SMILES string of the molecule is CC(=O)Oc1ccc(-c2c(C(=O)c3ccc(C)o3)c(O)c(O)n2-c2nc3c(Cl)cccc3s2)cc1. The molecule has 35 heavy (non-hydrogen) atoms. The second-order valence-corrected chi connectivity index (χ2v) is 9.09. The molecule has 0 saturated carbocycles. The standard InChI is InChI=1S/C25H17ClN2O6S/c1-12-6-11-17(33-12)22(30)19-21(14-7-9-15(10-8-14)34-13(2)29)28(24(32)23(19)31)25-27-20-16(26)4-3-5-18(20)35-25/h3-11,31-32H,1-2H3. The van der Waals surface area contributed by atoms with Gasteiger partial charge in [-0.25, -0.2) is 4.98 Å². The number of benzene rings is 2. The number of aromatic hydroxyl groups is 2. The second kappa shape index (κ2) is 8.61. The Hall–Kier alpha value is -4.08.